The molecule has 0 fully saturated rings. The number of aromatic amines is 4. The predicted molar refractivity (Wildman–Crippen MR) is 522 cm³/mol. The van der Waals surface area contributed by atoms with Crippen LogP contribution in [-0.4, -0.2) is 39.9 Å². The fourth-order valence-corrected chi connectivity index (χ4v) is 20.6. The van der Waals surface area contributed by atoms with Gasteiger partial charge in [0.1, 0.15) is 24.7 Å². The molecule has 4 aliphatic rings. The second kappa shape index (κ2) is 31.7. The Balaban J connectivity index is 0.667. The number of hydrogen-bond donors (Lipinski definition) is 4. The highest BCUT2D eigenvalue weighted by atomic mass is 16.5. The summed E-state index contributed by atoms with van der Waals surface area (Å²) in [5.41, 5.74) is 55.5. The van der Waals surface area contributed by atoms with Crippen LogP contribution >= 0.6 is 0 Å². The van der Waals surface area contributed by atoms with Crippen LogP contribution in [0.3, 0.4) is 0 Å². The molecule has 9 aromatic carbocycles. The summed E-state index contributed by atoms with van der Waals surface area (Å²) in [6.45, 7) is 40.4. The van der Waals surface area contributed by atoms with Crippen LogP contribution in [0.1, 0.15) is 157 Å². The smallest absolute Gasteiger partial charge is 0.119 e. The van der Waals surface area contributed by atoms with Crippen molar-refractivity contribution in [1.82, 2.24) is 39.9 Å². The van der Waals surface area contributed by atoms with Gasteiger partial charge in [0.15, 0.2) is 0 Å². The second-order valence-corrected chi connectivity index (χ2v) is 35.1. The Morgan fingerprint density at radius 2 is 0.371 bits per heavy atom. The van der Waals surface area contributed by atoms with E-state index in [2.05, 4.69) is 387 Å². The summed E-state index contributed by atoms with van der Waals surface area (Å²) in [5, 5.41) is 0. The van der Waals surface area contributed by atoms with E-state index in [9.17, 15) is 0 Å². The molecule has 0 saturated carbocycles. The number of hydrogen-bond acceptors (Lipinski definition) is 6. The Morgan fingerprint density at radius 3 is 0.565 bits per heavy atom. The predicted octanol–water partition coefficient (Wildman–Crippen LogP) is 29.7. The van der Waals surface area contributed by atoms with Crippen LogP contribution in [0.2, 0.25) is 0 Å². The lowest BCUT2D eigenvalue weighted by atomic mass is 9.92. The molecule has 0 spiro atoms. The van der Waals surface area contributed by atoms with Crippen LogP contribution in [-0.2, 0) is 13.2 Å². The fourth-order valence-electron chi connectivity index (χ4n) is 20.6. The van der Waals surface area contributed by atoms with Gasteiger partial charge in [0.2, 0.25) is 0 Å². The monoisotopic (exact) mass is 1610 g/mol. The summed E-state index contributed by atoms with van der Waals surface area (Å²) in [7, 11) is 0. The Bertz CT molecular complexity index is 6850. The standard InChI is InChI=1S/C114H102N8O2/c1-61-46-67(7)101(68(8)47-61)109-89-34-30-85(115-89)107(86-31-35-90(116-86)110(102-69(9)48-62(2)49-70(102)10)94-39-43-98(120-94)113(97-42-38-93(109)119-97)105-75(15)54-65(5)55-76(105)16)81-22-26-83(27-23-81)123-59-79-20-19-21-80(58-79)60-124-84-28-24-82(25-29-84)108-87-32-36-91(117-87)111(103-71(11)50-63(3)51-72(103)12)95-40-44-99(121-95)114(106-77(17)56-66(6)57-78(106)18)100-45-41-96(122-100)112(92-37-33-88(108)118-92)104-73(13)52-64(4)53-74(104)14/h19-58,115,117,120,122H,59-60H2,1-18H3. The van der Waals surface area contributed by atoms with Crippen molar-refractivity contribution in [3.8, 4) is 101 Å². The number of nitrogens with zero attached hydrogens (tertiary/aromatic N) is 4. The minimum atomic E-state index is 0.355. The van der Waals surface area contributed by atoms with Crippen molar-refractivity contribution in [3.63, 3.8) is 0 Å². The molecule has 0 unspecified atom stereocenters. The van der Waals surface area contributed by atoms with Gasteiger partial charge in [0, 0.05) is 88.6 Å². The van der Waals surface area contributed by atoms with Gasteiger partial charge in [-0.3, -0.25) is 0 Å². The van der Waals surface area contributed by atoms with E-state index in [0.717, 1.165) is 190 Å². The Hall–Kier alpha value is -14.2. The molecule has 4 N–H and O–H groups in total. The van der Waals surface area contributed by atoms with Gasteiger partial charge >= 0.3 is 0 Å². The van der Waals surface area contributed by atoms with E-state index < -0.39 is 0 Å². The Labute approximate surface area is 726 Å². The molecule has 10 heteroatoms. The number of rotatable bonds is 14. The van der Waals surface area contributed by atoms with Crippen LogP contribution in [0.15, 0.2) is 194 Å². The molecule has 124 heavy (non-hydrogen) atoms. The van der Waals surface area contributed by atoms with Crippen molar-refractivity contribution in [2.45, 2.75) is 138 Å². The highest BCUT2D eigenvalue weighted by Gasteiger charge is 2.27. The van der Waals surface area contributed by atoms with Gasteiger partial charge in [-0.1, -0.05) is 149 Å². The summed E-state index contributed by atoms with van der Waals surface area (Å²) < 4.78 is 13.4. The number of H-pyrrole nitrogens is 4. The number of fused-ring (bicyclic) bond motifs is 16. The molecule has 15 aromatic rings. The highest BCUT2D eigenvalue weighted by Crippen LogP contribution is 2.47. The van der Waals surface area contributed by atoms with Crippen molar-refractivity contribution < 1.29 is 9.47 Å². The zero-order valence-corrected chi connectivity index (χ0v) is 74.1. The summed E-state index contributed by atoms with van der Waals surface area (Å²) >= 11 is 0. The van der Waals surface area contributed by atoms with Crippen LogP contribution in [0.25, 0.3) is 182 Å². The largest absolute Gasteiger partial charge is 0.489 e. The van der Waals surface area contributed by atoms with Gasteiger partial charge in [0.25, 0.3) is 0 Å². The van der Waals surface area contributed by atoms with E-state index in [4.69, 9.17) is 29.4 Å². The van der Waals surface area contributed by atoms with E-state index >= 15 is 0 Å². The maximum atomic E-state index is 6.71. The van der Waals surface area contributed by atoms with Crippen LogP contribution in [0.5, 0.6) is 11.5 Å². The van der Waals surface area contributed by atoms with Gasteiger partial charge in [-0.25, -0.2) is 19.9 Å². The number of benzene rings is 9. The first kappa shape index (κ1) is 79.6. The SMILES string of the molecule is Cc1cc(C)c(-c2c3nc(c(-c4c(C)cc(C)cc4C)c4ccc([nH]4)c(-c4c(C)cc(C)cc4C)c4nc(c(-c5ccc(OCc6cccc(COc7ccc(-c8c9nc(c(-c%10c(C)cc(C)cc%10C)c%10ccc([nH]%10)c(-c%10c(C)cc(C)cc%10C)c%10nc(c(-c%11c(C)cc(C)cc%11C)c%11ccc8[nH]%11)C=C%10)C=C9)cc7)c6)cc5)c5ccc2[nH]5)C=C4)C=C3)c(C)c1. The van der Waals surface area contributed by atoms with E-state index in [1.165, 1.54) is 111 Å². The maximum absolute atomic E-state index is 6.71. The molecule has 0 atom stereocenters. The second-order valence-electron chi connectivity index (χ2n) is 35.1. The third-order valence-electron chi connectivity index (χ3n) is 25.2. The summed E-state index contributed by atoms with van der Waals surface area (Å²) in [5.74, 6) is 1.49. The first-order valence-electron chi connectivity index (χ1n) is 43.2. The molecule has 19 rings (SSSR count). The molecule has 4 aliphatic heterocycles. The lowest BCUT2D eigenvalue weighted by Crippen LogP contribution is -1.99. The van der Waals surface area contributed by atoms with Crippen molar-refractivity contribution in [2.75, 3.05) is 0 Å². The van der Waals surface area contributed by atoms with Crippen molar-refractivity contribution in [1.29, 1.82) is 0 Å². The third-order valence-corrected chi connectivity index (χ3v) is 25.2. The number of ether oxygens (including phenoxy) is 2. The summed E-state index contributed by atoms with van der Waals surface area (Å²) in [6.07, 6.45) is 17.6. The van der Waals surface area contributed by atoms with Crippen LogP contribution in [0, 0.1) is 125 Å². The van der Waals surface area contributed by atoms with E-state index in [1.807, 2.05) is 0 Å². The van der Waals surface area contributed by atoms with Gasteiger partial charge in [-0.2, -0.15) is 0 Å². The number of nitrogens with one attached hydrogen (secondary N) is 4. The zero-order chi connectivity index (χ0) is 85.9. The maximum Gasteiger partial charge on any atom is 0.119 e. The molecule has 0 amide bonds. The Morgan fingerprint density at radius 1 is 0.194 bits per heavy atom. The number of aromatic nitrogens is 8. The lowest BCUT2D eigenvalue weighted by Gasteiger charge is -2.14. The minimum Gasteiger partial charge on any atom is -0.489 e. The molecule has 16 bridgehead atoms. The minimum absolute atomic E-state index is 0.355. The molecule has 610 valence electrons. The average Bonchev–Trinajstić information content (AvgIpc) is 1.60. The normalized spacial score (nSPS) is 12.2. The van der Waals surface area contributed by atoms with Crippen LogP contribution in [0.4, 0.5) is 0 Å². The first-order chi connectivity index (χ1) is 59.8. The van der Waals surface area contributed by atoms with Crippen molar-refractivity contribution in [2.24, 2.45) is 0 Å². The summed E-state index contributed by atoms with van der Waals surface area (Å²) in [4.78, 5) is 39.0. The van der Waals surface area contributed by atoms with Crippen molar-refractivity contribution >= 4 is 92.7 Å². The topological polar surface area (TPSA) is 133 Å². The highest BCUT2D eigenvalue weighted by molar-refractivity contribution is 6.05. The van der Waals surface area contributed by atoms with Gasteiger partial charge in [0.05, 0.1) is 45.6 Å². The van der Waals surface area contributed by atoms with E-state index in [1.54, 1.807) is 0 Å². The molecule has 10 heterocycles. The molecule has 6 aromatic heterocycles. The lowest BCUT2D eigenvalue weighted by molar-refractivity contribution is 0.300. The summed E-state index contributed by atoms with van der Waals surface area (Å²) in [6, 6.07) is 70.6. The third kappa shape index (κ3) is 14.6. The fraction of sp³-hybridized carbons (Fsp3) is 0.175. The number of aryl methyl sites for hydroxylation is 18. The van der Waals surface area contributed by atoms with Crippen LogP contribution < -0.4 is 9.47 Å². The van der Waals surface area contributed by atoms with Gasteiger partial charge < -0.3 is 29.4 Å². The molecular formula is C114H102N8O2. The van der Waals surface area contributed by atoms with E-state index in [0.29, 0.717) is 13.2 Å². The quantitative estimate of drug-likeness (QED) is 0.0857. The van der Waals surface area contributed by atoms with Crippen molar-refractivity contribution in [3.05, 3.63) is 351 Å². The average molecular weight is 1620 g/mol. The first-order valence-corrected chi connectivity index (χ1v) is 43.2. The zero-order valence-electron chi connectivity index (χ0n) is 74.1. The Kier molecular flexibility index (Phi) is 20.3. The van der Waals surface area contributed by atoms with E-state index in [-0.39, 0.29) is 0 Å². The molecule has 0 radical (unpaired) electrons. The molecule has 0 saturated heterocycles. The molecule has 10 nitrogen and oxygen atoms in total. The van der Waals surface area contributed by atoms with Gasteiger partial charge in [-0.05, 0) is 374 Å². The molecule has 0 aliphatic carbocycles. The van der Waals surface area contributed by atoms with Gasteiger partial charge in [-0.15, -0.1) is 0 Å². The molecular weight excluding hydrogens is 1510 g/mol.